The maximum atomic E-state index is 12.5. The average molecular weight is 316 g/mol. The maximum Gasteiger partial charge on any atom is 0.245 e. The van der Waals surface area contributed by atoms with Crippen LogP contribution in [0.5, 0.6) is 0 Å². The zero-order valence-corrected chi connectivity index (χ0v) is 13.6. The molecule has 1 aromatic rings. The number of amides is 2. The molecule has 1 N–H and O–H groups in total. The Morgan fingerprint density at radius 1 is 1.26 bits per heavy atom. The number of hydrogen-bond acceptors (Lipinski definition) is 3. The monoisotopic (exact) mass is 316 g/mol. The average Bonchev–Trinajstić information content (AvgIpc) is 2.91. The molecule has 0 radical (unpaired) electrons. The highest BCUT2D eigenvalue weighted by molar-refractivity contribution is 5.90. The molecule has 1 atom stereocenters. The van der Waals surface area contributed by atoms with Crippen LogP contribution in [0.15, 0.2) is 24.3 Å². The fraction of sp³-hybridized carbons (Fsp3) is 0.556. The third-order valence-corrected chi connectivity index (χ3v) is 4.82. The summed E-state index contributed by atoms with van der Waals surface area (Å²) < 4.78 is 5.36. The molecule has 5 nitrogen and oxygen atoms in total. The Kier molecular flexibility index (Phi) is 4.96. The van der Waals surface area contributed by atoms with E-state index in [9.17, 15) is 9.59 Å². The van der Waals surface area contributed by atoms with Crippen molar-refractivity contribution in [3.05, 3.63) is 35.4 Å². The Balaban J connectivity index is 1.55. The number of ether oxygens (including phenoxy) is 1. The minimum Gasteiger partial charge on any atom is -0.381 e. The third kappa shape index (κ3) is 3.72. The van der Waals surface area contributed by atoms with Gasteiger partial charge in [0.05, 0.1) is 6.42 Å². The second-order valence-electron chi connectivity index (χ2n) is 6.39. The van der Waals surface area contributed by atoms with E-state index in [4.69, 9.17) is 4.74 Å². The second kappa shape index (κ2) is 7.13. The smallest absolute Gasteiger partial charge is 0.245 e. The summed E-state index contributed by atoms with van der Waals surface area (Å²) in [6.07, 6.45) is 2.83. The summed E-state index contributed by atoms with van der Waals surface area (Å²) in [5.41, 5.74) is 2.11. The summed E-state index contributed by atoms with van der Waals surface area (Å²) in [6.45, 7) is 4.17. The number of carbonyl (C=O) groups is 2. The van der Waals surface area contributed by atoms with Crippen molar-refractivity contribution < 1.29 is 14.3 Å². The topological polar surface area (TPSA) is 58.6 Å². The first-order valence-corrected chi connectivity index (χ1v) is 8.37. The lowest BCUT2D eigenvalue weighted by atomic mass is 10.1. The maximum absolute atomic E-state index is 12.5. The van der Waals surface area contributed by atoms with E-state index in [0.29, 0.717) is 12.8 Å². The summed E-state index contributed by atoms with van der Waals surface area (Å²) in [4.78, 5) is 26.7. The van der Waals surface area contributed by atoms with E-state index in [-0.39, 0.29) is 23.9 Å². The quantitative estimate of drug-likeness (QED) is 0.914. The van der Waals surface area contributed by atoms with Gasteiger partial charge >= 0.3 is 0 Å². The molecule has 0 aliphatic carbocycles. The number of nitrogens with zero attached hydrogens (tertiary/aromatic N) is 1. The predicted octanol–water partition coefficient (Wildman–Crippen LogP) is 1.43. The highest BCUT2D eigenvalue weighted by Gasteiger charge is 2.37. The Bertz CT molecular complexity index is 581. The molecule has 2 aliphatic heterocycles. The third-order valence-electron chi connectivity index (χ3n) is 4.82. The SMILES string of the molecule is Cc1ccccc1CC(=O)NC1CCN(C2CCOCC2)C1=O. The summed E-state index contributed by atoms with van der Waals surface area (Å²) in [6, 6.07) is 7.76. The fourth-order valence-electron chi connectivity index (χ4n) is 3.42. The number of aryl methyl sites for hydroxylation is 1. The Hall–Kier alpha value is -1.88. The molecule has 23 heavy (non-hydrogen) atoms. The number of benzene rings is 1. The Morgan fingerprint density at radius 3 is 2.74 bits per heavy atom. The first-order chi connectivity index (χ1) is 11.1. The molecular formula is C18H24N2O3. The van der Waals surface area contributed by atoms with Crippen LogP contribution >= 0.6 is 0 Å². The Labute approximate surface area is 137 Å². The molecule has 0 saturated carbocycles. The van der Waals surface area contributed by atoms with Crippen LogP contribution in [0.25, 0.3) is 0 Å². The van der Waals surface area contributed by atoms with Gasteiger partial charge in [-0.05, 0) is 37.3 Å². The van der Waals surface area contributed by atoms with E-state index >= 15 is 0 Å². The minimum absolute atomic E-state index is 0.0648. The molecule has 1 unspecified atom stereocenters. The summed E-state index contributed by atoms with van der Waals surface area (Å²) in [5.74, 6) is -0.0125. The van der Waals surface area contributed by atoms with Crippen LogP contribution < -0.4 is 5.32 Å². The van der Waals surface area contributed by atoms with E-state index in [1.807, 2.05) is 36.1 Å². The van der Waals surface area contributed by atoms with Crippen LogP contribution in [0.2, 0.25) is 0 Å². The van der Waals surface area contributed by atoms with Gasteiger partial charge in [-0.1, -0.05) is 24.3 Å². The van der Waals surface area contributed by atoms with Gasteiger partial charge in [0.15, 0.2) is 0 Å². The second-order valence-corrected chi connectivity index (χ2v) is 6.39. The fourth-order valence-corrected chi connectivity index (χ4v) is 3.42. The van der Waals surface area contributed by atoms with Gasteiger partial charge in [0.25, 0.3) is 0 Å². The number of carbonyl (C=O) groups excluding carboxylic acids is 2. The van der Waals surface area contributed by atoms with E-state index in [1.54, 1.807) is 0 Å². The van der Waals surface area contributed by atoms with Gasteiger partial charge in [0.2, 0.25) is 11.8 Å². The number of hydrogen-bond donors (Lipinski definition) is 1. The minimum atomic E-state index is -0.366. The lowest BCUT2D eigenvalue weighted by Gasteiger charge is -2.31. The molecule has 0 aromatic heterocycles. The molecule has 1 aromatic carbocycles. The number of nitrogens with one attached hydrogen (secondary N) is 1. The van der Waals surface area contributed by atoms with Crippen molar-refractivity contribution in [1.82, 2.24) is 10.2 Å². The summed E-state index contributed by atoms with van der Waals surface area (Å²) in [5, 5.41) is 2.91. The number of rotatable bonds is 4. The molecule has 5 heteroatoms. The lowest BCUT2D eigenvalue weighted by Crippen LogP contribution is -2.46. The van der Waals surface area contributed by atoms with Crippen molar-refractivity contribution in [3.8, 4) is 0 Å². The summed E-state index contributed by atoms with van der Waals surface area (Å²) in [7, 11) is 0. The van der Waals surface area contributed by atoms with Gasteiger partial charge in [0.1, 0.15) is 6.04 Å². The Morgan fingerprint density at radius 2 is 2.00 bits per heavy atom. The van der Waals surface area contributed by atoms with Crippen LogP contribution in [-0.2, 0) is 20.7 Å². The molecule has 2 amide bonds. The van der Waals surface area contributed by atoms with E-state index in [2.05, 4.69) is 5.32 Å². The molecule has 2 heterocycles. The van der Waals surface area contributed by atoms with Gasteiger partial charge in [-0.25, -0.2) is 0 Å². The molecule has 124 valence electrons. The summed E-state index contributed by atoms with van der Waals surface area (Å²) >= 11 is 0. The number of likely N-dealkylation sites (tertiary alicyclic amines) is 1. The predicted molar refractivity (Wildman–Crippen MR) is 87.0 cm³/mol. The normalized spacial score (nSPS) is 22.4. The van der Waals surface area contributed by atoms with Gasteiger partial charge < -0.3 is 15.0 Å². The van der Waals surface area contributed by atoms with Crippen LogP contribution in [-0.4, -0.2) is 48.6 Å². The van der Waals surface area contributed by atoms with E-state index < -0.39 is 0 Å². The van der Waals surface area contributed by atoms with E-state index in [1.165, 1.54) is 0 Å². The zero-order chi connectivity index (χ0) is 16.2. The van der Waals surface area contributed by atoms with Gasteiger partial charge in [-0.3, -0.25) is 9.59 Å². The van der Waals surface area contributed by atoms with E-state index in [0.717, 1.165) is 43.7 Å². The lowest BCUT2D eigenvalue weighted by molar-refractivity contribution is -0.135. The van der Waals surface area contributed by atoms with Crippen molar-refractivity contribution in [3.63, 3.8) is 0 Å². The zero-order valence-electron chi connectivity index (χ0n) is 13.6. The molecule has 2 aliphatic rings. The van der Waals surface area contributed by atoms with Crippen molar-refractivity contribution >= 4 is 11.8 Å². The molecule has 2 fully saturated rings. The molecule has 2 saturated heterocycles. The van der Waals surface area contributed by atoms with Crippen LogP contribution in [0.4, 0.5) is 0 Å². The van der Waals surface area contributed by atoms with Crippen molar-refractivity contribution in [2.45, 2.75) is 44.7 Å². The van der Waals surface area contributed by atoms with Gasteiger partial charge in [0, 0.05) is 25.8 Å². The first-order valence-electron chi connectivity index (χ1n) is 8.37. The van der Waals surface area contributed by atoms with Crippen LogP contribution in [0, 0.1) is 6.92 Å². The molecule has 0 spiro atoms. The standard InChI is InChI=1S/C18H24N2O3/c1-13-4-2-3-5-14(13)12-17(21)19-16-6-9-20(18(16)22)15-7-10-23-11-8-15/h2-5,15-16H,6-12H2,1H3,(H,19,21). The van der Waals surface area contributed by atoms with Crippen molar-refractivity contribution in [2.24, 2.45) is 0 Å². The molecular weight excluding hydrogens is 292 g/mol. The van der Waals surface area contributed by atoms with Gasteiger partial charge in [-0.15, -0.1) is 0 Å². The highest BCUT2D eigenvalue weighted by atomic mass is 16.5. The largest absolute Gasteiger partial charge is 0.381 e. The first kappa shape index (κ1) is 16.0. The highest BCUT2D eigenvalue weighted by Crippen LogP contribution is 2.21. The molecule has 0 bridgehead atoms. The van der Waals surface area contributed by atoms with Crippen molar-refractivity contribution in [2.75, 3.05) is 19.8 Å². The molecule has 3 rings (SSSR count). The van der Waals surface area contributed by atoms with Crippen LogP contribution in [0.1, 0.15) is 30.4 Å². The van der Waals surface area contributed by atoms with Gasteiger partial charge in [-0.2, -0.15) is 0 Å². The van der Waals surface area contributed by atoms with Crippen LogP contribution in [0.3, 0.4) is 0 Å². The van der Waals surface area contributed by atoms with Crippen molar-refractivity contribution in [1.29, 1.82) is 0 Å².